The van der Waals surface area contributed by atoms with Crippen LogP contribution in [-0.2, 0) is 4.74 Å². The van der Waals surface area contributed by atoms with Crippen molar-refractivity contribution in [2.45, 2.75) is 25.9 Å². The molecule has 0 radical (unpaired) electrons. The van der Waals surface area contributed by atoms with Gasteiger partial charge in [-0.25, -0.2) is 14.4 Å². The molecule has 2 N–H and O–H groups in total. The smallest absolute Gasteiger partial charge is 0.199 e. The van der Waals surface area contributed by atoms with Gasteiger partial charge in [0.25, 0.3) is 0 Å². The minimum atomic E-state index is -0.602. The number of benzene rings is 1. The first-order valence-electron chi connectivity index (χ1n) is 7.15. The lowest BCUT2D eigenvalue weighted by Crippen LogP contribution is -2.09. The molecular weight excluding hydrogens is 289 g/mol. The molecule has 0 aliphatic heterocycles. The van der Waals surface area contributed by atoms with Gasteiger partial charge in [0.05, 0.1) is 19.8 Å². The van der Waals surface area contributed by atoms with Crippen LogP contribution in [0.25, 0.3) is 10.9 Å². The van der Waals surface area contributed by atoms with Gasteiger partial charge in [-0.15, -0.1) is 0 Å². The molecule has 1 fully saturated rings. The van der Waals surface area contributed by atoms with Crippen molar-refractivity contribution in [2.24, 2.45) is 0 Å². The topological polar surface area (TPSA) is 79.5 Å². The van der Waals surface area contributed by atoms with Gasteiger partial charge in [0.1, 0.15) is 23.8 Å². The Morgan fingerprint density at radius 1 is 1.32 bits per heavy atom. The normalized spacial score (nSPS) is 14.3. The third-order valence-corrected chi connectivity index (χ3v) is 3.42. The number of ether oxygens (including phenoxy) is 3. The minimum absolute atomic E-state index is 0.0106. The van der Waals surface area contributed by atoms with E-state index < -0.39 is 5.82 Å². The van der Waals surface area contributed by atoms with Crippen LogP contribution in [0.5, 0.6) is 11.5 Å². The van der Waals surface area contributed by atoms with Gasteiger partial charge < -0.3 is 19.9 Å². The quantitative estimate of drug-likeness (QED) is 0.824. The Labute approximate surface area is 127 Å². The average molecular weight is 307 g/mol. The zero-order chi connectivity index (χ0) is 15.7. The van der Waals surface area contributed by atoms with Crippen molar-refractivity contribution in [3.05, 3.63) is 17.7 Å². The van der Waals surface area contributed by atoms with Crippen LogP contribution in [0.1, 0.15) is 18.7 Å². The number of aryl methyl sites for hydroxylation is 1. The van der Waals surface area contributed by atoms with E-state index in [9.17, 15) is 4.39 Å². The molecule has 118 valence electrons. The molecule has 0 spiro atoms. The zero-order valence-corrected chi connectivity index (χ0v) is 12.6. The van der Waals surface area contributed by atoms with Crippen molar-refractivity contribution >= 4 is 16.7 Å². The molecule has 0 saturated heterocycles. The molecule has 3 rings (SSSR count). The van der Waals surface area contributed by atoms with Crippen LogP contribution in [0.4, 0.5) is 10.2 Å². The van der Waals surface area contributed by atoms with Gasteiger partial charge in [-0.2, -0.15) is 0 Å². The number of halogens is 1. The lowest BCUT2D eigenvalue weighted by Gasteiger charge is -2.14. The van der Waals surface area contributed by atoms with Crippen molar-refractivity contribution in [3.63, 3.8) is 0 Å². The van der Waals surface area contributed by atoms with E-state index in [1.54, 1.807) is 13.0 Å². The fraction of sp³-hybridized carbons (Fsp3) is 0.467. The molecule has 0 amide bonds. The van der Waals surface area contributed by atoms with Gasteiger partial charge >= 0.3 is 0 Å². The largest absolute Gasteiger partial charge is 0.490 e. The Bertz CT molecular complexity index is 704. The monoisotopic (exact) mass is 307 g/mol. The van der Waals surface area contributed by atoms with Crippen molar-refractivity contribution in [1.82, 2.24) is 9.97 Å². The highest BCUT2D eigenvalue weighted by atomic mass is 19.1. The van der Waals surface area contributed by atoms with Crippen LogP contribution in [0.3, 0.4) is 0 Å². The zero-order valence-electron chi connectivity index (χ0n) is 12.6. The number of nitrogens with zero attached hydrogens (tertiary/aromatic N) is 2. The Kier molecular flexibility index (Phi) is 3.98. The second kappa shape index (κ2) is 5.92. The molecule has 1 aromatic carbocycles. The van der Waals surface area contributed by atoms with Crippen molar-refractivity contribution in [2.75, 3.05) is 26.1 Å². The number of rotatable bonds is 6. The maximum atomic E-state index is 14.6. The summed E-state index contributed by atoms with van der Waals surface area (Å²) < 4.78 is 30.7. The Balaban J connectivity index is 1.90. The number of aromatic nitrogens is 2. The van der Waals surface area contributed by atoms with Crippen molar-refractivity contribution in [1.29, 1.82) is 0 Å². The summed E-state index contributed by atoms with van der Waals surface area (Å²) in [7, 11) is 1.38. The SMILES string of the molecule is COc1c(OCCOC2CC2)cc2c(N)nc(C)nc2c1F. The summed E-state index contributed by atoms with van der Waals surface area (Å²) in [4.78, 5) is 8.13. The summed E-state index contributed by atoms with van der Waals surface area (Å²) >= 11 is 0. The summed E-state index contributed by atoms with van der Waals surface area (Å²) in [6, 6.07) is 1.60. The number of anilines is 1. The second-order valence-electron chi connectivity index (χ2n) is 5.19. The first-order chi connectivity index (χ1) is 10.6. The van der Waals surface area contributed by atoms with Gasteiger partial charge in [0.15, 0.2) is 17.3 Å². The Morgan fingerprint density at radius 2 is 2.09 bits per heavy atom. The molecule has 1 saturated carbocycles. The van der Waals surface area contributed by atoms with Crippen molar-refractivity contribution in [3.8, 4) is 11.5 Å². The first-order valence-corrected chi connectivity index (χ1v) is 7.15. The highest BCUT2D eigenvalue weighted by Crippen LogP contribution is 2.37. The van der Waals surface area contributed by atoms with Gasteiger partial charge in [-0.3, -0.25) is 0 Å². The summed E-state index contributed by atoms with van der Waals surface area (Å²) in [6.45, 7) is 2.42. The molecule has 1 aliphatic rings. The van der Waals surface area contributed by atoms with E-state index in [4.69, 9.17) is 19.9 Å². The van der Waals surface area contributed by atoms with Gasteiger partial charge in [-0.1, -0.05) is 0 Å². The van der Waals surface area contributed by atoms with Crippen LogP contribution in [-0.4, -0.2) is 36.4 Å². The number of fused-ring (bicyclic) bond motifs is 1. The van der Waals surface area contributed by atoms with E-state index in [0.717, 1.165) is 12.8 Å². The molecule has 1 heterocycles. The van der Waals surface area contributed by atoms with Crippen LogP contribution in [0.15, 0.2) is 6.07 Å². The predicted molar refractivity (Wildman–Crippen MR) is 79.7 cm³/mol. The Morgan fingerprint density at radius 3 is 2.77 bits per heavy atom. The summed E-state index contributed by atoms with van der Waals surface area (Å²) in [5, 5.41) is 0.405. The molecule has 0 bridgehead atoms. The lowest BCUT2D eigenvalue weighted by molar-refractivity contribution is 0.0870. The van der Waals surface area contributed by atoms with Crippen LogP contribution in [0, 0.1) is 12.7 Å². The molecule has 22 heavy (non-hydrogen) atoms. The van der Waals surface area contributed by atoms with Crippen LogP contribution in [0.2, 0.25) is 0 Å². The number of methoxy groups -OCH3 is 1. The summed E-state index contributed by atoms with van der Waals surface area (Å²) in [6.07, 6.45) is 2.55. The first kappa shape index (κ1) is 14.8. The number of nitrogen functional groups attached to an aromatic ring is 1. The number of hydrogen-bond acceptors (Lipinski definition) is 6. The second-order valence-corrected chi connectivity index (χ2v) is 5.19. The molecule has 0 atom stereocenters. The molecule has 1 aromatic heterocycles. The average Bonchev–Trinajstić information content (AvgIpc) is 3.29. The fourth-order valence-electron chi connectivity index (χ4n) is 2.22. The highest BCUT2D eigenvalue weighted by Gasteiger charge is 2.22. The van der Waals surface area contributed by atoms with Crippen LogP contribution >= 0.6 is 0 Å². The highest BCUT2D eigenvalue weighted by molar-refractivity contribution is 5.91. The molecule has 7 heteroatoms. The summed E-state index contributed by atoms with van der Waals surface area (Å²) in [5.41, 5.74) is 5.98. The molecule has 0 unspecified atom stereocenters. The lowest BCUT2D eigenvalue weighted by atomic mass is 10.2. The third kappa shape index (κ3) is 2.89. The predicted octanol–water partition coefficient (Wildman–Crippen LogP) is 2.23. The van der Waals surface area contributed by atoms with E-state index >= 15 is 0 Å². The van der Waals surface area contributed by atoms with E-state index in [-0.39, 0.29) is 22.8 Å². The van der Waals surface area contributed by atoms with Crippen LogP contribution < -0.4 is 15.2 Å². The van der Waals surface area contributed by atoms with E-state index in [2.05, 4.69) is 9.97 Å². The van der Waals surface area contributed by atoms with Gasteiger partial charge in [-0.05, 0) is 25.8 Å². The fourth-order valence-corrected chi connectivity index (χ4v) is 2.22. The van der Waals surface area contributed by atoms with E-state index in [1.165, 1.54) is 7.11 Å². The molecule has 1 aliphatic carbocycles. The molecule has 6 nitrogen and oxygen atoms in total. The number of nitrogens with two attached hydrogens (primary N) is 1. The third-order valence-electron chi connectivity index (χ3n) is 3.42. The molecular formula is C15H18FN3O3. The van der Waals surface area contributed by atoms with Gasteiger partial charge in [0.2, 0.25) is 0 Å². The molecule has 2 aromatic rings. The van der Waals surface area contributed by atoms with E-state index in [0.29, 0.717) is 30.5 Å². The van der Waals surface area contributed by atoms with E-state index in [1.807, 2.05) is 0 Å². The number of hydrogen-bond donors (Lipinski definition) is 1. The van der Waals surface area contributed by atoms with Crippen molar-refractivity contribution < 1.29 is 18.6 Å². The standard InChI is InChI=1S/C15H18FN3O3/c1-8-18-13-10(15(17)19-8)7-11(14(20-2)12(13)16)22-6-5-21-9-3-4-9/h7,9H,3-6H2,1-2H3,(H2,17,18,19). The minimum Gasteiger partial charge on any atom is -0.490 e. The van der Waals surface area contributed by atoms with Gasteiger partial charge in [0, 0.05) is 5.39 Å². The summed E-state index contributed by atoms with van der Waals surface area (Å²) in [5.74, 6) is 0.290. The maximum absolute atomic E-state index is 14.6. The maximum Gasteiger partial charge on any atom is 0.199 e. The Hall–Kier alpha value is -2.15.